The maximum absolute atomic E-state index is 13.6. The molecule has 0 aliphatic rings. The maximum Gasteiger partial charge on any atom is 0.227 e. The fraction of sp³-hybridized carbons (Fsp3) is 0.188. The molecule has 0 aliphatic heterocycles. The van der Waals surface area contributed by atoms with Gasteiger partial charge in [-0.2, -0.15) is 0 Å². The lowest BCUT2D eigenvalue weighted by molar-refractivity contribution is -0.129. The molecule has 0 aliphatic carbocycles. The van der Waals surface area contributed by atoms with Crippen LogP contribution in [-0.2, 0) is 17.8 Å². The van der Waals surface area contributed by atoms with Crippen LogP contribution in [-0.4, -0.2) is 17.9 Å². The summed E-state index contributed by atoms with van der Waals surface area (Å²) in [6, 6.07) is 11.5. The lowest BCUT2D eigenvalue weighted by Crippen LogP contribution is -2.28. The molecule has 0 saturated carbocycles. The Balaban J connectivity index is 2.08. The third-order valence-corrected chi connectivity index (χ3v) is 3.89. The summed E-state index contributed by atoms with van der Waals surface area (Å²) < 4.78 is 13.6. The van der Waals surface area contributed by atoms with E-state index in [0.717, 1.165) is 0 Å². The van der Waals surface area contributed by atoms with Gasteiger partial charge in [0.05, 0.1) is 6.42 Å². The summed E-state index contributed by atoms with van der Waals surface area (Å²) >= 11 is 12.1. The van der Waals surface area contributed by atoms with E-state index in [1.165, 1.54) is 11.0 Å². The number of carbonyl (C=O) groups is 1. The fourth-order valence-electron chi connectivity index (χ4n) is 1.96. The Morgan fingerprint density at radius 3 is 2.33 bits per heavy atom. The number of likely N-dealkylation sites (N-methyl/N-ethyl adjacent to an activating group) is 1. The van der Waals surface area contributed by atoms with Gasteiger partial charge in [0.1, 0.15) is 5.82 Å². The molecule has 110 valence electrons. The first-order chi connectivity index (χ1) is 9.99. The van der Waals surface area contributed by atoms with Crippen LogP contribution < -0.4 is 0 Å². The quantitative estimate of drug-likeness (QED) is 0.819. The Labute approximate surface area is 133 Å². The summed E-state index contributed by atoms with van der Waals surface area (Å²) in [6.45, 7) is 0.202. The van der Waals surface area contributed by atoms with Crippen LogP contribution >= 0.6 is 23.2 Å². The molecule has 2 nitrogen and oxygen atoms in total. The smallest absolute Gasteiger partial charge is 0.227 e. The zero-order chi connectivity index (χ0) is 15.4. The molecule has 0 atom stereocenters. The van der Waals surface area contributed by atoms with E-state index in [1.54, 1.807) is 43.4 Å². The molecule has 0 radical (unpaired) electrons. The summed E-state index contributed by atoms with van der Waals surface area (Å²) in [4.78, 5) is 13.7. The molecule has 0 saturated heterocycles. The van der Waals surface area contributed by atoms with Crippen molar-refractivity contribution in [3.8, 4) is 0 Å². The van der Waals surface area contributed by atoms with Crippen molar-refractivity contribution in [3.05, 3.63) is 69.5 Å². The molecule has 21 heavy (non-hydrogen) atoms. The highest BCUT2D eigenvalue weighted by atomic mass is 35.5. The van der Waals surface area contributed by atoms with Crippen LogP contribution in [0.4, 0.5) is 4.39 Å². The van der Waals surface area contributed by atoms with Gasteiger partial charge in [-0.25, -0.2) is 4.39 Å². The Kier molecular flexibility index (Phi) is 5.21. The third kappa shape index (κ3) is 3.96. The number of halogens is 3. The van der Waals surface area contributed by atoms with Gasteiger partial charge in [-0.15, -0.1) is 0 Å². The van der Waals surface area contributed by atoms with Crippen molar-refractivity contribution < 1.29 is 9.18 Å². The van der Waals surface area contributed by atoms with Crippen LogP contribution in [0.25, 0.3) is 0 Å². The first-order valence-corrected chi connectivity index (χ1v) is 7.15. The molecule has 0 unspecified atom stereocenters. The zero-order valence-corrected chi connectivity index (χ0v) is 13.0. The van der Waals surface area contributed by atoms with E-state index in [-0.39, 0.29) is 24.7 Å². The van der Waals surface area contributed by atoms with E-state index >= 15 is 0 Å². The molecule has 5 heteroatoms. The monoisotopic (exact) mass is 325 g/mol. The van der Waals surface area contributed by atoms with E-state index in [9.17, 15) is 9.18 Å². The first-order valence-electron chi connectivity index (χ1n) is 6.39. The van der Waals surface area contributed by atoms with Gasteiger partial charge in [0.2, 0.25) is 5.91 Å². The molecule has 0 aromatic heterocycles. The van der Waals surface area contributed by atoms with Gasteiger partial charge in [0, 0.05) is 29.2 Å². The average molecular weight is 326 g/mol. The van der Waals surface area contributed by atoms with Crippen molar-refractivity contribution in [2.75, 3.05) is 7.05 Å². The molecule has 0 spiro atoms. The van der Waals surface area contributed by atoms with Crippen molar-refractivity contribution >= 4 is 29.1 Å². The van der Waals surface area contributed by atoms with Gasteiger partial charge in [0.15, 0.2) is 0 Å². The summed E-state index contributed by atoms with van der Waals surface area (Å²) in [5.74, 6) is -0.499. The number of amides is 1. The molecular weight excluding hydrogens is 312 g/mol. The number of hydrogen-bond donors (Lipinski definition) is 0. The van der Waals surface area contributed by atoms with Gasteiger partial charge in [-0.1, -0.05) is 47.5 Å². The second-order valence-corrected chi connectivity index (χ2v) is 5.53. The van der Waals surface area contributed by atoms with Crippen LogP contribution in [0.5, 0.6) is 0 Å². The normalized spacial score (nSPS) is 10.5. The van der Waals surface area contributed by atoms with Crippen LogP contribution in [0.2, 0.25) is 10.0 Å². The summed E-state index contributed by atoms with van der Waals surface area (Å²) in [5.41, 5.74) is 1.06. The lowest BCUT2D eigenvalue weighted by atomic mass is 10.1. The van der Waals surface area contributed by atoms with Crippen LogP contribution in [0, 0.1) is 5.82 Å². The van der Waals surface area contributed by atoms with Crippen molar-refractivity contribution in [2.24, 2.45) is 0 Å². The van der Waals surface area contributed by atoms with E-state index < -0.39 is 0 Å². The summed E-state index contributed by atoms with van der Waals surface area (Å²) in [5, 5.41) is 0.908. The van der Waals surface area contributed by atoms with Crippen molar-refractivity contribution in [1.29, 1.82) is 0 Å². The molecular formula is C16H14Cl2FNO. The predicted molar refractivity (Wildman–Crippen MR) is 83.0 cm³/mol. The minimum absolute atomic E-state index is 0.0868. The van der Waals surface area contributed by atoms with Gasteiger partial charge < -0.3 is 4.90 Å². The molecule has 0 N–H and O–H groups in total. The summed E-state index contributed by atoms with van der Waals surface area (Å²) in [6.07, 6.45) is 0.0868. The van der Waals surface area contributed by atoms with Crippen molar-refractivity contribution in [1.82, 2.24) is 4.90 Å². The van der Waals surface area contributed by atoms with Crippen LogP contribution in [0.1, 0.15) is 11.1 Å². The van der Waals surface area contributed by atoms with Gasteiger partial charge in [-0.3, -0.25) is 4.79 Å². The molecule has 1 amide bonds. The second-order valence-electron chi connectivity index (χ2n) is 4.72. The van der Waals surface area contributed by atoms with Crippen molar-refractivity contribution in [3.63, 3.8) is 0 Å². The van der Waals surface area contributed by atoms with Crippen LogP contribution in [0.3, 0.4) is 0 Å². The lowest BCUT2D eigenvalue weighted by Gasteiger charge is -2.18. The van der Waals surface area contributed by atoms with Gasteiger partial charge in [-0.05, 0) is 23.8 Å². The van der Waals surface area contributed by atoms with Crippen molar-refractivity contribution in [2.45, 2.75) is 13.0 Å². The number of hydrogen-bond acceptors (Lipinski definition) is 1. The third-order valence-electron chi connectivity index (χ3n) is 3.18. The molecule has 0 heterocycles. The SMILES string of the molecule is CN(Cc1ccccc1F)C(=O)Cc1c(Cl)cccc1Cl. The van der Waals surface area contributed by atoms with Gasteiger partial charge >= 0.3 is 0 Å². The topological polar surface area (TPSA) is 20.3 Å². The number of benzene rings is 2. The highest BCUT2D eigenvalue weighted by Gasteiger charge is 2.15. The first kappa shape index (κ1) is 15.8. The largest absolute Gasteiger partial charge is 0.341 e. The van der Waals surface area contributed by atoms with E-state index in [1.807, 2.05) is 0 Å². The minimum atomic E-state index is -0.326. The highest BCUT2D eigenvalue weighted by molar-refractivity contribution is 6.36. The molecule has 2 aromatic rings. The van der Waals surface area contributed by atoms with Crippen LogP contribution in [0.15, 0.2) is 42.5 Å². The molecule has 0 bridgehead atoms. The zero-order valence-electron chi connectivity index (χ0n) is 11.4. The number of nitrogens with zero attached hydrogens (tertiary/aromatic N) is 1. The molecule has 2 aromatic carbocycles. The van der Waals surface area contributed by atoms with E-state index in [4.69, 9.17) is 23.2 Å². The Hall–Kier alpha value is -1.58. The second kappa shape index (κ2) is 6.92. The Morgan fingerprint density at radius 1 is 1.10 bits per heavy atom. The predicted octanol–water partition coefficient (Wildman–Crippen LogP) is 4.33. The Bertz CT molecular complexity index is 640. The fourth-order valence-corrected chi connectivity index (χ4v) is 2.49. The highest BCUT2D eigenvalue weighted by Crippen LogP contribution is 2.25. The van der Waals surface area contributed by atoms with E-state index in [0.29, 0.717) is 21.2 Å². The Morgan fingerprint density at radius 2 is 1.71 bits per heavy atom. The number of carbonyl (C=O) groups excluding carboxylic acids is 1. The molecule has 2 rings (SSSR count). The molecule has 0 fully saturated rings. The van der Waals surface area contributed by atoms with E-state index in [2.05, 4.69) is 0 Å². The maximum atomic E-state index is 13.6. The van der Waals surface area contributed by atoms with Gasteiger partial charge in [0.25, 0.3) is 0 Å². The number of rotatable bonds is 4. The summed E-state index contributed by atoms with van der Waals surface area (Å²) in [7, 11) is 1.62. The standard InChI is InChI=1S/C16H14Cl2FNO/c1-20(10-11-5-2-3-8-15(11)19)16(21)9-12-13(17)6-4-7-14(12)18/h2-8H,9-10H2,1H3. The average Bonchev–Trinajstić information content (AvgIpc) is 2.45. The minimum Gasteiger partial charge on any atom is -0.341 e.